The highest BCUT2D eigenvalue weighted by Gasteiger charge is 2.15. The van der Waals surface area contributed by atoms with Crippen molar-refractivity contribution in [1.82, 2.24) is 14.6 Å². The molecule has 0 fully saturated rings. The Labute approximate surface area is 98.7 Å². The van der Waals surface area contributed by atoms with Crippen LogP contribution in [0.3, 0.4) is 0 Å². The zero-order valence-electron chi connectivity index (χ0n) is 9.80. The average Bonchev–Trinajstić information content (AvgIpc) is 2.71. The highest BCUT2D eigenvalue weighted by Crippen LogP contribution is 2.14. The number of hydrogen-bond donors (Lipinski definition) is 0. The van der Waals surface area contributed by atoms with E-state index in [1.54, 1.807) is 23.7 Å². The second-order valence-corrected chi connectivity index (χ2v) is 3.64. The fraction of sp³-hybridized carbons (Fsp3) is 0.250. The lowest BCUT2D eigenvalue weighted by Gasteiger charge is -2.01. The van der Waals surface area contributed by atoms with Crippen LogP contribution in [0, 0.1) is 0 Å². The third kappa shape index (κ3) is 2.04. The van der Waals surface area contributed by atoms with E-state index in [1.807, 2.05) is 6.92 Å². The number of ether oxygens (including phenoxy) is 1. The molecule has 88 valence electrons. The maximum Gasteiger partial charge on any atom is 0.343 e. The van der Waals surface area contributed by atoms with Crippen molar-refractivity contribution in [3.05, 3.63) is 36.3 Å². The van der Waals surface area contributed by atoms with E-state index in [0.717, 1.165) is 11.3 Å². The van der Waals surface area contributed by atoms with E-state index in [4.69, 9.17) is 4.74 Å². The summed E-state index contributed by atoms with van der Waals surface area (Å²) in [6.07, 6.45) is 3.21. The fourth-order valence-electron chi connectivity index (χ4n) is 1.46. The van der Waals surface area contributed by atoms with E-state index in [-0.39, 0.29) is 0 Å². The van der Waals surface area contributed by atoms with E-state index >= 15 is 0 Å². The molecule has 0 saturated carbocycles. The van der Waals surface area contributed by atoms with Crippen LogP contribution in [0.2, 0.25) is 0 Å². The Bertz CT molecular complexity index is 586. The largest absolute Gasteiger partial charge is 0.462 e. The summed E-state index contributed by atoms with van der Waals surface area (Å²) < 4.78 is 6.48. The molecule has 0 bridgehead atoms. The zero-order chi connectivity index (χ0) is 12.4. The van der Waals surface area contributed by atoms with Crippen LogP contribution in [0.1, 0.15) is 29.9 Å². The first kappa shape index (κ1) is 11.3. The molecule has 0 radical (unpaired) electrons. The van der Waals surface area contributed by atoms with Gasteiger partial charge in [0.1, 0.15) is 5.56 Å². The SMILES string of the molecule is C=C(C)c1ccn2ncc(C(=O)OCC)c2n1. The van der Waals surface area contributed by atoms with E-state index in [2.05, 4.69) is 16.7 Å². The molecule has 0 aromatic carbocycles. The molecule has 5 nitrogen and oxygen atoms in total. The molecule has 0 N–H and O–H groups in total. The third-order valence-corrected chi connectivity index (χ3v) is 2.30. The Balaban J connectivity index is 2.54. The molecule has 0 atom stereocenters. The lowest BCUT2D eigenvalue weighted by molar-refractivity contribution is 0.0528. The first-order valence-electron chi connectivity index (χ1n) is 5.31. The number of hydrogen-bond acceptors (Lipinski definition) is 4. The Hall–Kier alpha value is -2.17. The van der Waals surface area contributed by atoms with Gasteiger partial charge in [-0.25, -0.2) is 14.3 Å². The van der Waals surface area contributed by atoms with E-state index in [1.165, 1.54) is 6.20 Å². The zero-order valence-corrected chi connectivity index (χ0v) is 9.80. The van der Waals surface area contributed by atoms with Gasteiger partial charge in [-0.15, -0.1) is 0 Å². The summed E-state index contributed by atoms with van der Waals surface area (Å²) in [5.41, 5.74) is 2.44. The van der Waals surface area contributed by atoms with Crippen LogP contribution >= 0.6 is 0 Å². The topological polar surface area (TPSA) is 56.5 Å². The van der Waals surface area contributed by atoms with E-state index in [9.17, 15) is 4.79 Å². The second-order valence-electron chi connectivity index (χ2n) is 3.64. The number of carbonyl (C=O) groups is 1. The van der Waals surface area contributed by atoms with Gasteiger partial charge in [0.05, 0.1) is 18.5 Å². The number of esters is 1. The number of carbonyl (C=O) groups excluding carboxylic acids is 1. The maximum atomic E-state index is 11.7. The van der Waals surface area contributed by atoms with E-state index in [0.29, 0.717) is 17.8 Å². The van der Waals surface area contributed by atoms with Gasteiger partial charge in [-0.2, -0.15) is 5.10 Å². The highest BCUT2D eigenvalue weighted by molar-refractivity contribution is 5.95. The van der Waals surface area contributed by atoms with Gasteiger partial charge in [0.2, 0.25) is 0 Å². The van der Waals surface area contributed by atoms with Gasteiger partial charge in [0.15, 0.2) is 5.65 Å². The molecule has 2 heterocycles. The van der Waals surface area contributed by atoms with Crippen LogP contribution in [0.5, 0.6) is 0 Å². The Morgan fingerprint density at radius 1 is 1.59 bits per heavy atom. The van der Waals surface area contributed by atoms with Gasteiger partial charge >= 0.3 is 5.97 Å². The third-order valence-electron chi connectivity index (χ3n) is 2.30. The van der Waals surface area contributed by atoms with Crippen molar-refractivity contribution in [3.8, 4) is 0 Å². The van der Waals surface area contributed by atoms with Crippen LogP contribution in [-0.4, -0.2) is 27.2 Å². The molecule has 0 amide bonds. The van der Waals surface area contributed by atoms with Crippen molar-refractivity contribution in [2.45, 2.75) is 13.8 Å². The van der Waals surface area contributed by atoms with Gasteiger partial charge in [0.25, 0.3) is 0 Å². The minimum absolute atomic E-state index is 0.330. The Morgan fingerprint density at radius 2 is 2.35 bits per heavy atom. The van der Waals surface area contributed by atoms with Gasteiger partial charge in [0, 0.05) is 6.20 Å². The lowest BCUT2D eigenvalue weighted by Crippen LogP contribution is -2.05. The molecular weight excluding hydrogens is 218 g/mol. The number of rotatable bonds is 3. The molecule has 2 aromatic heterocycles. The predicted molar refractivity (Wildman–Crippen MR) is 63.7 cm³/mol. The smallest absolute Gasteiger partial charge is 0.343 e. The van der Waals surface area contributed by atoms with E-state index < -0.39 is 5.97 Å². The van der Waals surface area contributed by atoms with Crippen LogP contribution < -0.4 is 0 Å². The van der Waals surface area contributed by atoms with Gasteiger partial charge in [-0.3, -0.25) is 0 Å². The number of fused-ring (bicyclic) bond motifs is 1. The molecular formula is C12H13N3O2. The molecule has 0 aliphatic heterocycles. The van der Waals surface area contributed by atoms with Gasteiger partial charge in [-0.05, 0) is 25.5 Å². The summed E-state index contributed by atoms with van der Waals surface area (Å²) in [6.45, 7) is 7.77. The van der Waals surface area contributed by atoms with Crippen molar-refractivity contribution in [3.63, 3.8) is 0 Å². The normalized spacial score (nSPS) is 10.5. The monoisotopic (exact) mass is 231 g/mol. The molecule has 2 rings (SSSR count). The summed E-state index contributed by atoms with van der Waals surface area (Å²) in [4.78, 5) is 16.0. The van der Waals surface area contributed by atoms with Crippen LogP contribution in [-0.2, 0) is 4.74 Å². The summed E-state index contributed by atoms with van der Waals surface area (Å²) in [5.74, 6) is -0.408. The number of nitrogens with zero attached hydrogens (tertiary/aromatic N) is 3. The Morgan fingerprint density at radius 3 is 3.00 bits per heavy atom. The number of allylic oxidation sites excluding steroid dienone is 1. The van der Waals surface area contributed by atoms with Crippen molar-refractivity contribution in [2.24, 2.45) is 0 Å². The molecule has 0 spiro atoms. The molecule has 0 saturated heterocycles. The molecule has 17 heavy (non-hydrogen) atoms. The average molecular weight is 231 g/mol. The molecule has 0 aliphatic rings. The molecule has 0 unspecified atom stereocenters. The second kappa shape index (κ2) is 4.37. The predicted octanol–water partition coefficient (Wildman–Crippen LogP) is 1.94. The summed E-state index contributed by atoms with van der Waals surface area (Å²) in [7, 11) is 0. The highest BCUT2D eigenvalue weighted by atomic mass is 16.5. The van der Waals surface area contributed by atoms with Crippen molar-refractivity contribution >= 4 is 17.2 Å². The first-order chi connectivity index (χ1) is 8.13. The van der Waals surface area contributed by atoms with Crippen LogP contribution in [0.4, 0.5) is 0 Å². The maximum absolute atomic E-state index is 11.7. The fourth-order valence-corrected chi connectivity index (χ4v) is 1.46. The van der Waals surface area contributed by atoms with Crippen LogP contribution in [0.15, 0.2) is 25.0 Å². The van der Waals surface area contributed by atoms with Crippen LogP contribution in [0.25, 0.3) is 11.2 Å². The van der Waals surface area contributed by atoms with Crippen molar-refractivity contribution in [1.29, 1.82) is 0 Å². The molecule has 0 aliphatic carbocycles. The molecule has 2 aromatic rings. The van der Waals surface area contributed by atoms with Gasteiger partial charge in [-0.1, -0.05) is 6.58 Å². The summed E-state index contributed by atoms with van der Waals surface area (Å²) >= 11 is 0. The summed E-state index contributed by atoms with van der Waals surface area (Å²) in [5, 5.41) is 4.05. The quantitative estimate of drug-likeness (QED) is 0.757. The summed E-state index contributed by atoms with van der Waals surface area (Å²) in [6, 6.07) is 1.80. The van der Waals surface area contributed by atoms with Crippen molar-refractivity contribution < 1.29 is 9.53 Å². The first-order valence-corrected chi connectivity index (χ1v) is 5.31. The minimum atomic E-state index is -0.408. The standard InChI is InChI=1S/C12H13N3O2/c1-4-17-12(16)9-7-13-15-6-5-10(8(2)3)14-11(9)15/h5-7H,2,4H2,1,3H3. The van der Waals surface area contributed by atoms with Crippen molar-refractivity contribution in [2.75, 3.05) is 6.61 Å². The lowest BCUT2D eigenvalue weighted by atomic mass is 10.2. The Kier molecular flexibility index (Phi) is 2.91. The minimum Gasteiger partial charge on any atom is -0.462 e. The molecule has 5 heteroatoms. The number of aromatic nitrogens is 3. The van der Waals surface area contributed by atoms with Gasteiger partial charge < -0.3 is 4.74 Å².